The van der Waals surface area contributed by atoms with Gasteiger partial charge in [0.25, 0.3) is 0 Å². The predicted octanol–water partition coefficient (Wildman–Crippen LogP) is 1.26. The number of aromatic amines is 1. The fraction of sp³-hybridized carbons (Fsp3) is 0.750. The van der Waals surface area contributed by atoms with Crippen molar-refractivity contribution >= 4 is 0 Å². The van der Waals surface area contributed by atoms with Crippen molar-refractivity contribution in [2.24, 2.45) is 0 Å². The third-order valence-electron chi connectivity index (χ3n) is 1.84. The summed E-state index contributed by atoms with van der Waals surface area (Å²) >= 11 is 0. The van der Waals surface area contributed by atoms with E-state index in [0.29, 0.717) is 6.04 Å². The molecule has 0 spiro atoms. The summed E-state index contributed by atoms with van der Waals surface area (Å²) in [5, 5.41) is 13.8. The first kappa shape index (κ1) is 9.19. The number of rotatable bonds is 5. The van der Waals surface area contributed by atoms with Crippen LogP contribution < -0.4 is 5.32 Å². The van der Waals surface area contributed by atoms with Crippen LogP contribution in [0.1, 0.15) is 38.4 Å². The highest BCUT2D eigenvalue weighted by atomic mass is 15.3. The lowest BCUT2D eigenvalue weighted by molar-refractivity contribution is 0.506. The van der Waals surface area contributed by atoms with Gasteiger partial charge in [0.15, 0.2) is 0 Å². The molecule has 0 saturated carbocycles. The van der Waals surface area contributed by atoms with Gasteiger partial charge in [-0.05, 0) is 19.4 Å². The van der Waals surface area contributed by atoms with Crippen LogP contribution in [0.4, 0.5) is 0 Å². The molecular weight excluding hydrogens is 152 g/mol. The third kappa shape index (κ3) is 2.30. The van der Waals surface area contributed by atoms with Crippen LogP contribution in [0.2, 0.25) is 0 Å². The van der Waals surface area contributed by atoms with Gasteiger partial charge >= 0.3 is 0 Å². The second-order valence-electron chi connectivity index (χ2n) is 2.81. The van der Waals surface area contributed by atoms with Crippen LogP contribution in [-0.2, 0) is 0 Å². The number of nitrogens with zero attached hydrogens (tertiary/aromatic N) is 2. The standard InChI is InChI=1S/C8H16N4/c1-3-5-9-7(4-2)8-6-10-12-11-8/h6-7,9H,3-5H2,1-2H3,(H,10,11,12). The molecule has 2 N–H and O–H groups in total. The Bertz CT molecular complexity index is 195. The van der Waals surface area contributed by atoms with Crippen LogP contribution in [0.15, 0.2) is 6.20 Å². The first-order chi connectivity index (χ1) is 5.88. The van der Waals surface area contributed by atoms with E-state index in [4.69, 9.17) is 0 Å². The van der Waals surface area contributed by atoms with Crippen LogP contribution >= 0.6 is 0 Å². The molecule has 12 heavy (non-hydrogen) atoms. The summed E-state index contributed by atoms with van der Waals surface area (Å²) < 4.78 is 0. The summed E-state index contributed by atoms with van der Waals surface area (Å²) in [6.45, 7) is 5.33. The molecule has 0 bridgehead atoms. The Morgan fingerprint density at radius 1 is 1.58 bits per heavy atom. The molecule has 1 rings (SSSR count). The van der Waals surface area contributed by atoms with Crippen molar-refractivity contribution < 1.29 is 0 Å². The molecule has 0 saturated heterocycles. The average molecular weight is 168 g/mol. The molecule has 0 aliphatic carbocycles. The second kappa shape index (κ2) is 4.87. The minimum Gasteiger partial charge on any atom is -0.309 e. The molecule has 0 aliphatic rings. The summed E-state index contributed by atoms with van der Waals surface area (Å²) in [4.78, 5) is 0. The smallest absolute Gasteiger partial charge is 0.0993 e. The monoisotopic (exact) mass is 168 g/mol. The van der Waals surface area contributed by atoms with Gasteiger partial charge in [0.1, 0.15) is 0 Å². The first-order valence-electron chi connectivity index (χ1n) is 4.47. The number of hydrogen-bond acceptors (Lipinski definition) is 3. The van der Waals surface area contributed by atoms with Crippen molar-refractivity contribution in [1.29, 1.82) is 0 Å². The van der Waals surface area contributed by atoms with Gasteiger partial charge < -0.3 is 5.32 Å². The summed E-state index contributed by atoms with van der Waals surface area (Å²) in [5.41, 5.74) is 1.01. The molecule has 4 heteroatoms. The molecule has 0 aliphatic heterocycles. The van der Waals surface area contributed by atoms with Gasteiger partial charge in [-0.1, -0.05) is 13.8 Å². The summed E-state index contributed by atoms with van der Waals surface area (Å²) in [5.74, 6) is 0. The van der Waals surface area contributed by atoms with Crippen LogP contribution in [-0.4, -0.2) is 22.0 Å². The highest BCUT2D eigenvalue weighted by molar-refractivity contribution is 4.98. The molecule has 68 valence electrons. The van der Waals surface area contributed by atoms with Gasteiger partial charge in [-0.25, -0.2) is 0 Å². The van der Waals surface area contributed by atoms with Gasteiger partial charge in [0.2, 0.25) is 0 Å². The van der Waals surface area contributed by atoms with E-state index in [1.807, 2.05) is 0 Å². The topological polar surface area (TPSA) is 53.6 Å². The third-order valence-corrected chi connectivity index (χ3v) is 1.84. The molecule has 0 radical (unpaired) electrons. The Hall–Kier alpha value is -0.900. The van der Waals surface area contributed by atoms with Crippen LogP contribution in [0.25, 0.3) is 0 Å². The van der Waals surface area contributed by atoms with Gasteiger partial charge in [-0.15, -0.1) is 0 Å². The molecule has 4 nitrogen and oxygen atoms in total. The molecular formula is C8H16N4. The maximum Gasteiger partial charge on any atom is 0.0993 e. The largest absolute Gasteiger partial charge is 0.309 e. The van der Waals surface area contributed by atoms with E-state index in [1.54, 1.807) is 6.20 Å². The van der Waals surface area contributed by atoms with Gasteiger partial charge in [-0.2, -0.15) is 15.4 Å². The summed E-state index contributed by atoms with van der Waals surface area (Å²) in [7, 11) is 0. The zero-order valence-electron chi connectivity index (χ0n) is 7.67. The molecule has 1 atom stereocenters. The highest BCUT2D eigenvalue weighted by Gasteiger charge is 2.09. The lowest BCUT2D eigenvalue weighted by Gasteiger charge is -2.12. The van der Waals surface area contributed by atoms with E-state index in [9.17, 15) is 0 Å². The molecule has 1 unspecified atom stereocenters. The normalized spacial score (nSPS) is 13.2. The highest BCUT2D eigenvalue weighted by Crippen LogP contribution is 2.11. The molecule has 0 fully saturated rings. The Kier molecular flexibility index (Phi) is 3.73. The Morgan fingerprint density at radius 3 is 2.92 bits per heavy atom. The lowest BCUT2D eigenvalue weighted by Crippen LogP contribution is -2.21. The van der Waals surface area contributed by atoms with Gasteiger partial charge in [-0.3, -0.25) is 0 Å². The summed E-state index contributed by atoms with van der Waals surface area (Å²) in [6.07, 6.45) is 3.97. The van der Waals surface area contributed by atoms with Crippen molar-refractivity contribution in [1.82, 2.24) is 20.7 Å². The number of hydrogen-bond donors (Lipinski definition) is 2. The van der Waals surface area contributed by atoms with Gasteiger partial charge in [0, 0.05) is 0 Å². The fourth-order valence-corrected chi connectivity index (χ4v) is 1.15. The second-order valence-corrected chi connectivity index (χ2v) is 2.81. The van der Waals surface area contributed by atoms with Crippen molar-refractivity contribution in [3.05, 3.63) is 11.9 Å². The van der Waals surface area contributed by atoms with Crippen LogP contribution in [0.5, 0.6) is 0 Å². The van der Waals surface area contributed by atoms with E-state index in [0.717, 1.165) is 25.1 Å². The maximum absolute atomic E-state index is 4.04. The average Bonchev–Trinajstić information content (AvgIpc) is 2.59. The van der Waals surface area contributed by atoms with Crippen molar-refractivity contribution in [3.63, 3.8) is 0 Å². The zero-order valence-corrected chi connectivity index (χ0v) is 7.67. The van der Waals surface area contributed by atoms with Crippen molar-refractivity contribution in [2.45, 2.75) is 32.7 Å². The predicted molar refractivity (Wildman–Crippen MR) is 47.7 cm³/mol. The fourth-order valence-electron chi connectivity index (χ4n) is 1.15. The van der Waals surface area contributed by atoms with Gasteiger partial charge in [0.05, 0.1) is 17.9 Å². The number of nitrogens with one attached hydrogen (secondary N) is 2. The number of H-pyrrole nitrogens is 1. The molecule has 1 aromatic heterocycles. The zero-order chi connectivity index (χ0) is 8.81. The SMILES string of the molecule is CCCNC(CC)c1cn[nH]n1. The van der Waals surface area contributed by atoms with E-state index < -0.39 is 0 Å². The molecule has 1 heterocycles. The minimum atomic E-state index is 0.351. The minimum absolute atomic E-state index is 0.351. The van der Waals surface area contributed by atoms with E-state index >= 15 is 0 Å². The van der Waals surface area contributed by atoms with Crippen LogP contribution in [0, 0.1) is 0 Å². The lowest BCUT2D eigenvalue weighted by atomic mass is 10.1. The molecule has 0 aromatic carbocycles. The maximum atomic E-state index is 4.04. The van der Waals surface area contributed by atoms with Crippen LogP contribution in [0.3, 0.4) is 0 Å². The molecule has 0 amide bonds. The van der Waals surface area contributed by atoms with Crippen molar-refractivity contribution in [2.75, 3.05) is 6.54 Å². The van der Waals surface area contributed by atoms with E-state index in [-0.39, 0.29) is 0 Å². The molecule has 1 aromatic rings. The Balaban J connectivity index is 2.45. The Labute approximate surface area is 72.8 Å². The van der Waals surface area contributed by atoms with E-state index in [2.05, 4.69) is 34.6 Å². The Morgan fingerprint density at radius 2 is 2.42 bits per heavy atom. The first-order valence-corrected chi connectivity index (χ1v) is 4.47. The quantitative estimate of drug-likeness (QED) is 0.695. The van der Waals surface area contributed by atoms with E-state index in [1.165, 1.54) is 0 Å². The number of aromatic nitrogens is 3. The van der Waals surface area contributed by atoms with Crippen molar-refractivity contribution in [3.8, 4) is 0 Å². The summed E-state index contributed by atoms with van der Waals surface area (Å²) in [6, 6.07) is 0.351.